The molecule has 1 unspecified atom stereocenters. The van der Waals surface area contributed by atoms with Crippen LogP contribution in [-0.4, -0.2) is 95.6 Å². The molecule has 0 aromatic rings. The van der Waals surface area contributed by atoms with E-state index in [4.69, 9.17) is 5.73 Å². The maximum atomic E-state index is 13.2. The number of unbranched alkanes of at least 4 members (excludes halogenated alkanes) is 12. The number of nitrogens with two attached hydrogens (primary N) is 1. The molecule has 10 nitrogen and oxygen atoms in total. The minimum absolute atomic E-state index is 0.0125. The molecule has 0 radical (unpaired) electrons. The van der Waals surface area contributed by atoms with E-state index in [-0.39, 0.29) is 29.7 Å². The van der Waals surface area contributed by atoms with Crippen molar-refractivity contribution < 1.29 is 14.4 Å². The van der Waals surface area contributed by atoms with Gasteiger partial charge in [-0.15, -0.1) is 0 Å². The Kier molecular flexibility index (Phi) is 31.9. The summed E-state index contributed by atoms with van der Waals surface area (Å²) < 4.78 is 0. The lowest BCUT2D eigenvalue weighted by Gasteiger charge is -2.24. The molecule has 0 bridgehead atoms. The topological polar surface area (TPSA) is 141 Å². The molecule has 0 aliphatic carbocycles. The molecule has 0 heterocycles. The van der Waals surface area contributed by atoms with Crippen LogP contribution < -0.4 is 32.3 Å². The fourth-order valence-corrected chi connectivity index (χ4v) is 5.80. The molecule has 0 rings (SSSR count). The summed E-state index contributed by atoms with van der Waals surface area (Å²) in [5, 5.41) is 15.5. The number of hydrogen-bond acceptors (Lipinski definition) is 7. The Balaban J connectivity index is 4.64. The molecule has 0 aromatic carbocycles. The van der Waals surface area contributed by atoms with E-state index in [1.807, 2.05) is 26.0 Å². The van der Waals surface area contributed by atoms with Gasteiger partial charge in [0.15, 0.2) is 0 Å². The van der Waals surface area contributed by atoms with Crippen molar-refractivity contribution in [1.29, 1.82) is 0 Å². The Morgan fingerprint density at radius 1 is 0.587 bits per heavy atom. The second kappa shape index (κ2) is 33.2. The van der Waals surface area contributed by atoms with Crippen LogP contribution in [0.2, 0.25) is 0 Å². The first-order chi connectivity index (χ1) is 22.4. The zero-order valence-electron chi connectivity index (χ0n) is 30.5. The zero-order valence-corrected chi connectivity index (χ0v) is 30.5. The fraction of sp³-hybridized carbons (Fsp3) is 0.917. The van der Waals surface area contributed by atoms with Gasteiger partial charge in [0.05, 0.1) is 12.0 Å². The quantitative estimate of drug-likeness (QED) is 0.0563. The first-order valence-corrected chi connectivity index (χ1v) is 18.9. The van der Waals surface area contributed by atoms with Crippen LogP contribution in [0.3, 0.4) is 0 Å². The van der Waals surface area contributed by atoms with Crippen LogP contribution in [0.5, 0.6) is 0 Å². The van der Waals surface area contributed by atoms with Crippen LogP contribution >= 0.6 is 0 Å². The first kappa shape index (κ1) is 44.2. The van der Waals surface area contributed by atoms with Gasteiger partial charge in [-0.1, -0.05) is 84.0 Å². The maximum Gasteiger partial charge on any atom is 0.237 e. The summed E-state index contributed by atoms with van der Waals surface area (Å²) in [5.41, 5.74) is 5.88. The van der Waals surface area contributed by atoms with Gasteiger partial charge < -0.3 is 37.2 Å². The van der Waals surface area contributed by atoms with Crippen molar-refractivity contribution in [2.24, 2.45) is 11.7 Å². The number of carbonyl (C=O) groups is 3. The highest BCUT2D eigenvalue weighted by Crippen LogP contribution is 2.13. The summed E-state index contributed by atoms with van der Waals surface area (Å²) in [6.07, 6.45) is 21.4. The van der Waals surface area contributed by atoms with Crippen molar-refractivity contribution in [3.63, 3.8) is 0 Å². The number of nitrogens with zero attached hydrogens (tertiary/aromatic N) is 1. The third-order valence-corrected chi connectivity index (χ3v) is 8.87. The highest BCUT2D eigenvalue weighted by Gasteiger charge is 2.18. The largest absolute Gasteiger partial charge is 0.356 e. The third-order valence-electron chi connectivity index (χ3n) is 8.87. The van der Waals surface area contributed by atoms with Gasteiger partial charge in [0.1, 0.15) is 0 Å². The average molecular weight is 654 g/mol. The summed E-state index contributed by atoms with van der Waals surface area (Å²) in [6.45, 7) is 6.78. The highest BCUT2D eigenvalue weighted by atomic mass is 16.2. The highest BCUT2D eigenvalue weighted by molar-refractivity contribution is 5.81. The molecule has 2 atom stereocenters. The SMILES string of the molecule is CCCCCCCCCCCCCC(=O)N(CCCNC(=O)C(CN)CCCCNC)CCCNC(=O)[C@@H](CCCCNC)NC. The van der Waals surface area contributed by atoms with E-state index in [0.29, 0.717) is 52.0 Å². The van der Waals surface area contributed by atoms with Gasteiger partial charge in [-0.25, -0.2) is 0 Å². The fourth-order valence-electron chi connectivity index (χ4n) is 5.80. The van der Waals surface area contributed by atoms with Crippen LogP contribution in [0.15, 0.2) is 0 Å². The number of likely N-dealkylation sites (N-methyl/N-ethyl adjacent to an activating group) is 1. The molecule has 3 amide bonds. The van der Waals surface area contributed by atoms with Crippen LogP contribution in [0.4, 0.5) is 0 Å². The predicted octanol–water partition coefficient (Wildman–Crippen LogP) is 4.47. The molecule has 0 fully saturated rings. The average Bonchev–Trinajstić information content (AvgIpc) is 3.06. The van der Waals surface area contributed by atoms with Crippen LogP contribution in [0.25, 0.3) is 0 Å². The van der Waals surface area contributed by atoms with Crippen LogP contribution in [0, 0.1) is 5.92 Å². The Hall–Kier alpha value is -1.75. The molecule has 7 N–H and O–H groups in total. The van der Waals surface area contributed by atoms with Gasteiger partial charge in [0.2, 0.25) is 17.7 Å². The number of nitrogens with one attached hydrogen (secondary N) is 5. The second-order valence-corrected chi connectivity index (χ2v) is 12.9. The van der Waals surface area contributed by atoms with Crippen molar-refractivity contribution in [3.8, 4) is 0 Å². The summed E-state index contributed by atoms with van der Waals surface area (Å²) in [6, 6.07) is -0.195. The van der Waals surface area contributed by atoms with E-state index < -0.39 is 0 Å². The third kappa shape index (κ3) is 25.4. The number of amides is 3. The number of carbonyl (C=O) groups excluding carboxylic acids is 3. The predicted molar refractivity (Wildman–Crippen MR) is 194 cm³/mol. The van der Waals surface area contributed by atoms with Crippen molar-refractivity contribution >= 4 is 17.7 Å². The molecule has 0 aliphatic rings. The molecule has 0 aromatic heterocycles. The minimum Gasteiger partial charge on any atom is -0.356 e. The molecule has 0 saturated carbocycles. The number of rotatable bonds is 34. The normalized spacial score (nSPS) is 12.5. The lowest BCUT2D eigenvalue weighted by atomic mass is 10.0. The van der Waals surface area contributed by atoms with E-state index in [0.717, 1.165) is 64.5 Å². The van der Waals surface area contributed by atoms with Crippen LogP contribution in [0.1, 0.15) is 135 Å². The summed E-state index contributed by atoms with van der Waals surface area (Å²) in [5.74, 6) is 0.0482. The monoisotopic (exact) mass is 654 g/mol. The lowest BCUT2D eigenvalue weighted by molar-refractivity contribution is -0.131. The van der Waals surface area contributed by atoms with Crippen molar-refractivity contribution in [2.45, 2.75) is 141 Å². The molecule has 0 saturated heterocycles. The van der Waals surface area contributed by atoms with Crippen molar-refractivity contribution in [1.82, 2.24) is 31.5 Å². The molecule has 0 spiro atoms. The van der Waals surface area contributed by atoms with E-state index in [9.17, 15) is 14.4 Å². The van der Waals surface area contributed by atoms with Gasteiger partial charge >= 0.3 is 0 Å². The van der Waals surface area contributed by atoms with Crippen LogP contribution in [-0.2, 0) is 14.4 Å². The Morgan fingerprint density at radius 2 is 1.09 bits per heavy atom. The van der Waals surface area contributed by atoms with E-state index in [2.05, 4.69) is 33.5 Å². The maximum absolute atomic E-state index is 13.2. The smallest absolute Gasteiger partial charge is 0.237 e. The second-order valence-electron chi connectivity index (χ2n) is 12.9. The number of hydrogen-bond donors (Lipinski definition) is 6. The molecule has 46 heavy (non-hydrogen) atoms. The molecular weight excluding hydrogens is 578 g/mol. The molecule has 0 aliphatic heterocycles. The van der Waals surface area contributed by atoms with Crippen molar-refractivity contribution in [2.75, 3.05) is 67.0 Å². The molecule has 272 valence electrons. The standard InChI is InChI=1S/C36H75N7O3/c1-5-6-7-8-9-10-11-12-13-14-15-24-34(44)43(29-20-27-41-35(45)32(31-37)22-16-18-25-38-2)30-21-28-42-36(46)33(40-4)23-17-19-26-39-3/h32-33,38-40H,5-31,37H2,1-4H3,(H,41,45)(H,42,46)/t32?,33-/m1/s1. The molecule has 10 heteroatoms. The van der Waals surface area contributed by atoms with Gasteiger partial charge in [-0.2, -0.15) is 0 Å². The summed E-state index contributed by atoms with van der Waals surface area (Å²) in [7, 11) is 5.70. The van der Waals surface area contributed by atoms with Gasteiger partial charge in [-0.3, -0.25) is 14.4 Å². The Labute approximate surface area is 283 Å². The Morgan fingerprint density at radius 3 is 1.59 bits per heavy atom. The van der Waals surface area contributed by atoms with Crippen molar-refractivity contribution in [3.05, 3.63) is 0 Å². The van der Waals surface area contributed by atoms with Gasteiger partial charge in [0, 0.05) is 39.1 Å². The Bertz CT molecular complexity index is 686. The minimum atomic E-state index is -0.195. The van der Waals surface area contributed by atoms with E-state index >= 15 is 0 Å². The molecular formula is C36H75N7O3. The van der Waals surface area contributed by atoms with E-state index in [1.54, 1.807) is 0 Å². The zero-order chi connectivity index (χ0) is 34.1. The summed E-state index contributed by atoms with van der Waals surface area (Å²) >= 11 is 0. The lowest BCUT2D eigenvalue weighted by Crippen LogP contribution is -2.43. The van der Waals surface area contributed by atoms with Gasteiger partial charge in [-0.05, 0) is 79.2 Å². The summed E-state index contributed by atoms with van der Waals surface area (Å²) in [4.78, 5) is 40.5. The first-order valence-electron chi connectivity index (χ1n) is 18.9. The van der Waals surface area contributed by atoms with E-state index in [1.165, 1.54) is 57.8 Å². The van der Waals surface area contributed by atoms with Gasteiger partial charge in [0.25, 0.3) is 0 Å².